The predicted octanol–water partition coefficient (Wildman–Crippen LogP) is 2.50. The zero-order valence-electron chi connectivity index (χ0n) is 12.5. The van der Waals surface area contributed by atoms with Crippen molar-refractivity contribution in [3.8, 4) is 5.75 Å². The summed E-state index contributed by atoms with van der Waals surface area (Å²) >= 11 is 0. The van der Waals surface area contributed by atoms with Crippen LogP contribution in [0, 0.1) is 0 Å². The van der Waals surface area contributed by atoms with Gasteiger partial charge in [0, 0.05) is 18.7 Å². The van der Waals surface area contributed by atoms with Crippen LogP contribution in [0.25, 0.3) is 0 Å². The van der Waals surface area contributed by atoms with E-state index in [1.807, 2.05) is 13.1 Å². The second kappa shape index (κ2) is 8.25. The van der Waals surface area contributed by atoms with Gasteiger partial charge in [-0.3, -0.25) is 0 Å². The molecular formula is C16H25NO3. The fraction of sp³-hybridized carbons (Fsp3) is 0.625. The minimum atomic E-state index is 0.259. The summed E-state index contributed by atoms with van der Waals surface area (Å²) in [6.07, 6.45) is 3.79. The minimum Gasteiger partial charge on any atom is -0.496 e. The summed E-state index contributed by atoms with van der Waals surface area (Å²) in [4.78, 5) is 0. The van der Waals surface area contributed by atoms with Crippen molar-refractivity contribution in [1.82, 2.24) is 5.32 Å². The molecule has 0 radical (unpaired) electrons. The van der Waals surface area contributed by atoms with Gasteiger partial charge >= 0.3 is 0 Å². The van der Waals surface area contributed by atoms with Crippen LogP contribution < -0.4 is 10.1 Å². The SMILES string of the molecule is CNCc1ccc(OC)c(COCC2CCCCO2)c1. The molecule has 0 bridgehead atoms. The van der Waals surface area contributed by atoms with Crippen LogP contribution in [-0.2, 0) is 22.6 Å². The van der Waals surface area contributed by atoms with Gasteiger partial charge in [0.25, 0.3) is 0 Å². The van der Waals surface area contributed by atoms with E-state index >= 15 is 0 Å². The fourth-order valence-corrected chi connectivity index (χ4v) is 2.50. The Morgan fingerprint density at radius 1 is 1.35 bits per heavy atom. The smallest absolute Gasteiger partial charge is 0.124 e. The van der Waals surface area contributed by atoms with Crippen molar-refractivity contribution in [3.05, 3.63) is 29.3 Å². The monoisotopic (exact) mass is 279 g/mol. The molecule has 1 unspecified atom stereocenters. The molecule has 0 amide bonds. The van der Waals surface area contributed by atoms with E-state index in [4.69, 9.17) is 14.2 Å². The molecule has 1 aliphatic heterocycles. The summed E-state index contributed by atoms with van der Waals surface area (Å²) < 4.78 is 16.9. The quantitative estimate of drug-likeness (QED) is 0.832. The maximum absolute atomic E-state index is 5.81. The van der Waals surface area contributed by atoms with Gasteiger partial charge < -0.3 is 19.5 Å². The van der Waals surface area contributed by atoms with Crippen LogP contribution >= 0.6 is 0 Å². The van der Waals surface area contributed by atoms with Gasteiger partial charge in [-0.15, -0.1) is 0 Å². The van der Waals surface area contributed by atoms with E-state index in [1.165, 1.54) is 18.4 Å². The Hall–Kier alpha value is -1.10. The van der Waals surface area contributed by atoms with E-state index in [0.29, 0.717) is 13.2 Å². The Balaban J connectivity index is 1.87. The molecule has 4 nitrogen and oxygen atoms in total. The first-order valence-corrected chi connectivity index (χ1v) is 7.33. The molecule has 1 aromatic carbocycles. The van der Waals surface area contributed by atoms with Gasteiger partial charge in [0.1, 0.15) is 5.75 Å². The van der Waals surface area contributed by atoms with E-state index in [-0.39, 0.29) is 6.10 Å². The molecular weight excluding hydrogens is 254 g/mol. The summed E-state index contributed by atoms with van der Waals surface area (Å²) in [5.41, 5.74) is 2.33. The fourth-order valence-electron chi connectivity index (χ4n) is 2.50. The van der Waals surface area contributed by atoms with Gasteiger partial charge in [-0.05, 0) is 44.0 Å². The average molecular weight is 279 g/mol. The Bertz CT molecular complexity index is 403. The number of nitrogens with one attached hydrogen (secondary N) is 1. The zero-order chi connectivity index (χ0) is 14.2. The van der Waals surface area contributed by atoms with Gasteiger partial charge in [0.2, 0.25) is 0 Å². The van der Waals surface area contributed by atoms with Crippen molar-refractivity contribution in [1.29, 1.82) is 0 Å². The second-order valence-corrected chi connectivity index (χ2v) is 5.18. The predicted molar refractivity (Wildman–Crippen MR) is 79.0 cm³/mol. The van der Waals surface area contributed by atoms with Crippen molar-refractivity contribution >= 4 is 0 Å². The standard InChI is InChI=1S/C16H25NO3/c1-17-10-13-6-7-16(18-2)14(9-13)11-19-12-15-5-3-4-8-20-15/h6-7,9,15,17H,3-5,8,10-12H2,1-2H3. The lowest BCUT2D eigenvalue weighted by molar-refractivity contribution is -0.0449. The third-order valence-electron chi connectivity index (χ3n) is 3.56. The number of ether oxygens (including phenoxy) is 3. The second-order valence-electron chi connectivity index (χ2n) is 5.18. The van der Waals surface area contributed by atoms with Crippen LogP contribution in [0.4, 0.5) is 0 Å². The van der Waals surface area contributed by atoms with Crippen molar-refractivity contribution < 1.29 is 14.2 Å². The summed E-state index contributed by atoms with van der Waals surface area (Å²) in [6.45, 7) is 2.96. The molecule has 1 heterocycles. The van der Waals surface area contributed by atoms with Crippen LogP contribution in [0.1, 0.15) is 30.4 Å². The van der Waals surface area contributed by atoms with Gasteiger partial charge in [-0.25, -0.2) is 0 Å². The van der Waals surface area contributed by atoms with Crippen LogP contribution in [-0.4, -0.2) is 33.5 Å². The molecule has 0 spiro atoms. The topological polar surface area (TPSA) is 39.7 Å². The molecule has 0 aliphatic carbocycles. The number of hydrogen-bond donors (Lipinski definition) is 1. The van der Waals surface area contributed by atoms with Crippen molar-refractivity contribution in [3.63, 3.8) is 0 Å². The molecule has 0 saturated carbocycles. The Morgan fingerprint density at radius 3 is 2.95 bits per heavy atom. The third-order valence-corrected chi connectivity index (χ3v) is 3.56. The van der Waals surface area contributed by atoms with E-state index in [0.717, 1.165) is 30.9 Å². The van der Waals surface area contributed by atoms with Gasteiger partial charge in [0.05, 0.1) is 26.4 Å². The van der Waals surface area contributed by atoms with Crippen LogP contribution in [0.15, 0.2) is 18.2 Å². The summed E-state index contributed by atoms with van der Waals surface area (Å²) in [5.74, 6) is 0.884. The maximum atomic E-state index is 5.81. The third kappa shape index (κ3) is 4.47. The Morgan fingerprint density at radius 2 is 2.25 bits per heavy atom. The molecule has 1 aliphatic rings. The summed E-state index contributed by atoms with van der Waals surface area (Å²) in [6, 6.07) is 6.21. The molecule has 1 fully saturated rings. The van der Waals surface area contributed by atoms with Crippen molar-refractivity contribution in [2.45, 2.75) is 38.5 Å². The molecule has 1 saturated heterocycles. The summed E-state index contributed by atoms with van der Waals surface area (Å²) in [5, 5.41) is 3.15. The van der Waals surface area contributed by atoms with Gasteiger partial charge in [0.15, 0.2) is 0 Å². The highest BCUT2D eigenvalue weighted by molar-refractivity contribution is 5.36. The minimum absolute atomic E-state index is 0.259. The molecule has 1 atom stereocenters. The lowest BCUT2D eigenvalue weighted by Crippen LogP contribution is -2.24. The van der Waals surface area contributed by atoms with Crippen molar-refractivity contribution in [2.75, 3.05) is 27.4 Å². The first kappa shape index (κ1) is 15.3. The Kier molecular flexibility index (Phi) is 6.30. The first-order valence-electron chi connectivity index (χ1n) is 7.33. The molecule has 112 valence electrons. The van der Waals surface area contributed by atoms with E-state index in [9.17, 15) is 0 Å². The number of methoxy groups -OCH3 is 1. The van der Waals surface area contributed by atoms with Crippen LogP contribution in [0.5, 0.6) is 5.75 Å². The molecule has 0 aromatic heterocycles. The number of rotatable bonds is 7. The lowest BCUT2D eigenvalue weighted by atomic mass is 10.1. The maximum Gasteiger partial charge on any atom is 0.124 e. The molecule has 20 heavy (non-hydrogen) atoms. The first-order chi connectivity index (χ1) is 9.83. The van der Waals surface area contributed by atoms with Crippen LogP contribution in [0.2, 0.25) is 0 Å². The van der Waals surface area contributed by atoms with E-state index in [1.54, 1.807) is 7.11 Å². The summed E-state index contributed by atoms with van der Waals surface area (Å²) in [7, 11) is 3.64. The van der Waals surface area contributed by atoms with E-state index < -0.39 is 0 Å². The highest BCUT2D eigenvalue weighted by Crippen LogP contribution is 2.21. The van der Waals surface area contributed by atoms with E-state index in [2.05, 4.69) is 17.4 Å². The number of benzene rings is 1. The molecule has 4 heteroatoms. The van der Waals surface area contributed by atoms with Crippen molar-refractivity contribution in [2.24, 2.45) is 0 Å². The normalized spacial score (nSPS) is 19.0. The lowest BCUT2D eigenvalue weighted by Gasteiger charge is -2.22. The largest absolute Gasteiger partial charge is 0.496 e. The Labute approximate surface area is 121 Å². The average Bonchev–Trinajstić information content (AvgIpc) is 2.49. The van der Waals surface area contributed by atoms with Gasteiger partial charge in [-0.1, -0.05) is 6.07 Å². The highest BCUT2D eigenvalue weighted by atomic mass is 16.5. The highest BCUT2D eigenvalue weighted by Gasteiger charge is 2.14. The molecule has 1 N–H and O–H groups in total. The van der Waals surface area contributed by atoms with Crippen LogP contribution in [0.3, 0.4) is 0 Å². The number of hydrogen-bond acceptors (Lipinski definition) is 4. The van der Waals surface area contributed by atoms with Gasteiger partial charge in [-0.2, -0.15) is 0 Å². The molecule has 2 rings (SSSR count). The molecule has 1 aromatic rings. The zero-order valence-corrected chi connectivity index (χ0v) is 12.5.